The van der Waals surface area contributed by atoms with E-state index < -0.39 is 0 Å². The fourth-order valence-electron chi connectivity index (χ4n) is 2.75. The highest BCUT2D eigenvalue weighted by Gasteiger charge is 2.38. The normalized spacial score (nSPS) is 17.4. The van der Waals surface area contributed by atoms with E-state index in [0.717, 1.165) is 12.5 Å². The average molecular weight is 401 g/mol. The molecule has 0 atom stereocenters. The third-order valence-corrected chi connectivity index (χ3v) is 4.01. The molecule has 21 heavy (non-hydrogen) atoms. The molecule has 4 heteroatoms. The van der Waals surface area contributed by atoms with Crippen molar-refractivity contribution in [1.29, 1.82) is 0 Å². The van der Waals surface area contributed by atoms with Crippen LogP contribution in [0.1, 0.15) is 45.6 Å². The summed E-state index contributed by atoms with van der Waals surface area (Å²) in [5, 5.41) is 6.92. The molecule has 1 aromatic carbocycles. The Hall–Kier alpha value is -0.780. The molecular weight excluding hydrogens is 373 g/mol. The second-order valence-electron chi connectivity index (χ2n) is 6.80. The van der Waals surface area contributed by atoms with Gasteiger partial charge in [0.05, 0.1) is 0 Å². The smallest absolute Gasteiger partial charge is 0.191 e. The maximum atomic E-state index is 4.32. The van der Waals surface area contributed by atoms with Crippen molar-refractivity contribution in [3.63, 3.8) is 0 Å². The summed E-state index contributed by atoms with van der Waals surface area (Å²) in [6.07, 6.45) is 3.84. The Morgan fingerprint density at radius 2 is 1.81 bits per heavy atom. The van der Waals surface area contributed by atoms with Gasteiger partial charge in [0.15, 0.2) is 5.96 Å². The van der Waals surface area contributed by atoms with E-state index in [1.165, 1.54) is 24.8 Å². The molecule has 1 saturated carbocycles. The van der Waals surface area contributed by atoms with Crippen molar-refractivity contribution in [2.75, 3.05) is 13.6 Å². The van der Waals surface area contributed by atoms with E-state index in [0.29, 0.717) is 0 Å². The number of hydrogen-bond donors (Lipinski definition) is 2. The van der Waals surface area contributed by atoms with Crippen molar-refractivity contribution in [3.05, 3.63) is 35.9 Å². The molecular formula is C17H28IN3. The average Bonchev–Trinajstić information content (AvgIpc) is 2.36. The van der Waals surface area contributed by atoms with Crippen LogP contribution in [0.5, 0.6) is 0 Å². The van der Waals surface area contributed by atoms with E-state index in [9.17, 15) is 0 Å². The quantitative estimate of drug-likeness (QED) is 0.461. The number of benzene rings is 1. The first-order chi connectivity index (χ1) is 9.45. The molecule has 0 aliphatic heterocycles. The summed E-state index contributed by atoms with van der Waals surface area (Å²) in [4.78, 5) is 4.32. The largest absolute Gasteiger partial charge is 0.356 e. The van der Waals surface area contributed by atoms with Gasteiger partial charge in [-0.1, -0.05) is 36.8 Å². The van der Waals surface area contributed by atoms with E-state index >= 15 is 0 Å². The number of halogens is 1. The summed E-state index contributed by atoms with van der Waals surface area (Å²) in [6, 6.07) is 10.9. The molecule has 2 N–H and O–H groups in total. The van der Waals surface area contributed by atoms with Crippen LogP contribution in [-0.2, 0) is 5.41 Å². The minimum absolute atomic E-state index is 0. The Morgan fingerprint density at radius 3 is 2.24 bits per heavy atom. The lowest BCUT2D eigenvalue weighted by Gasteiger charge is -2.43. The second kappa shape index (κ2) is 7.47. The van der Waals surface area contributed by atoms with Gasteiger partial charge in [-0.05, 0) is 39.2 Å². The number of nitrogens with one attached hydrogen (secondary N) is 2. The van der Waals surface area contributed by atoms with Gasteiger partial charge >= 0.3 is 0 Å². The number of guanidine groups is 1. The first kappa shape index (κ1) is 18.3. The van der Waals surface area contributed by atoms with Crippen molar-refractivity contribution >= 4 is 29.9 Å². The third-order valence-electron chi connectivity index (χ3n) is 4.01. The van der Waals surface area contributed by atoms with Gasteiger partial charge < -0.3 is 10.6 Å². The number of nitrogens with zero attached hydrogens (tertiary/aromatic N) is 1. The molecule has 0 heterocycles. The lowest BCUT2D eigenvalue weighted by atomic mass is 9.64. The zero-order valence-corrected chi connectivity index (χ0v) is 15.9. The molecule has 1 aliphatic rings. The van der Waals surface area contributed by atoms with E-state index in [-0.39, 0.29) is 34.9 Å². The minimum atomic E-state index is 0. The van der Waals surface area contributed by atoms with Gasteiger partial charge in [0, 0.05) is 24.5 Å². The summed E-state index contributed by atoms with van der Waals surface area (Å²) in [5.41, 5.74) is 1.77. The molecule has 1 aliphatic carbocycles. The maximum Gasteiger partial charge on any atom is 0.191 e. The summed E-state index contributed by atoms with van der Waals surface area (Å²) >= 11 is 0. The van der Waals surface area contributed by atoms with Crippen molar-refractivity contribution < 1.29 is 0 Å². The Labute approximate surface area is 146 Å². The summed E-state index contributed by atoms with van der Waals surface area (Å²) in [5.74, 6) is 0.889. The number of rotatable bonds is 3. The van der Waals surface area contributed by atoms with Crippen molar-refractivity contribution in [2.24, 2.45) is 4.99 Å². The fourth-order valence-corrected chi connectivity index (χ4v) is 2.75. The maximum absolute atomic E-state index is 4.32. The summed E-state index contributed by atoms with van der Waals surface area (Å²) in [7, 11) is 1.83. The molecule has 0 amide bonds. The molecule has 2 rings (SSSR count). The Bertz CT molecular complexity index is 459. The van der Waals surface area contributed by atoms with E-state index in [4.69, 9.17) is 0 Å². The van der Waals surface area contributed by atoms with E-state index in [1.807, 2.05) is 7.05 Å². The van der Waals surface area contributed by atoms with Crippen LogP contribution in [0, 0.1) is 0 Å². The Kier molecular flexibility index (Phi) is 6.50. The molecule has 118 valence electrons. The van der Waals surface area contributed by atoms with Crippen LogP contribution in [0.3, 0.4) is 0 Å². The highest BCUT2D eigenvalue weighted by atomic mass is 127. The van der Waals surface area contributed by atoms with Crippen LogP contribution < -0.4 is 10.6 Å². The molecule has 0 aromatic heterocycles. The number of aliphatic imine (C=N–C) groups is 1. The van der Waals surface area contributed by atoms with Gasteiger partial charge in [-0.15, -0.1) is 24.0 Å². The van der Waals surface area contributed by atoms with E-state index in [1.54, 1.807) is 0 Å². The lowest BCUT2D eigenvalue weighted by Crippen LogP contribution is -2.52. The molecule has 1 fully saturated rings. The second-order valence-corrected chi connectivity index (χ2v) is 6.80. The molecule has 0 bridgehead atoms. The standard InChI is InChI=1S/C17H27N3.HI/c1-16(2,3)20-15(18-4)19-13-17(11-8-12-17)14-9-6-5-7-10-14;/h5-7,9-10H,8,11-13H2,1-4H3,(H2,18,19,20);1H. The third kappa shape index (κ3) is 4.87. The predicted molar refractivity (Wildman–Crippen MR) is 102 cm³/mol. The predicted octanol–water partition coefficient (Wildman–Crippen LogP) is 3.69. The highest BCUT2D eigenvalue weighted by molar-refractivity contribution is 14.0. The Morgan fingerprint density at radius 1 is 1.19 bits per heavy atom. The first-order valence-corrected chi connectivity index (χ1v) is 7.50. The van der Waals surface area contributed by atoms with Gasteiger partial charge in [-0.2, -0.15) is 0 Å². The van der Waals surface area contributed by atoms with E-state index in [2.05, 4.69) is 66.7 Å². The molecule has 0 spiro atoms. The highest BCUT2D eigenvalue weighted by Crippen LogP contribution is 2.43. The number of hydrogen-bond acceptors (Lipinski definition) is 1. The minimum Gasteiger partial charge on any atom is -0.356 e. The monoisotopic (exact) mass is 401 g/mol. The zero-order valence-electron chi connectivity index (χ0n) is 13.6. The van der Waals surface area contributed by atoms with Crippen molar-refractivity contribution in [2.45, 2.75) is 51.0 Å². The molecule has 1 aromatic rings. The van der Waals surface area contributed by atoms with Crippen LogP contribution in [0.25, 0.3) is 0 Å². The molecule has 0 saturated heterocycles. The molecule has 3 nitrogen and oxygen atoms in total. The van der Waals surface area contributed by atoms with Crippen LogP contribution in [0.2, 0.25) is 0 Å². The van der Waals surface area contributed by atoms with Crippen LogP contribution in [0.4, 0.5) is 0 Å². The van der Waals surface area contributed by atoms with Crippen molar-refractivity contribution in [3.8, 4) is 0 Å². The van der Waals surface area contributed by atoms with Gasteiger partial charge in [-0.25, -0.2) is 0 Å². The zero-order chi connectivity index (χ0) is 14.6. The topological polar surface area (TPSA) is 36.4 Å². The summed E-state index contributed by atoms with van der Waals surface area (Å²) in [6.45, 7) is 7.40. The summed E-state index contributed by atoms with van der Waals surface area (Å²) < 4.78 is 0. The van der Waals surface area contributed by atoms with Crippen LogP contribution >= 0.6 is 24.0 Å². The van der Waals surface area contributed by atoms with Gasteiger partial charge in [-0.3, -0.25) is 4.99 Å². The Balaban J connectivity index is 0.00000220. The first-order valence-electron chi connectivity index (χ1n) is 7.50. The SMILES string of the molecule is CN=C(NCC1(c2ccccc2)CCC1)NC(C)(C)C.I. The van der Waals surface area contributed by atoms with Crippen molar-refractivity contribution in [1.82, 2.24) is 10.6 Å². The van der Waals surface area contributed by atoms with Crippen LogP contribution in [0.15, 0.2) is 35.3 Å². The van der Waals surface area contributed by atoms with Gasteiger partial charge in [0.1, 0.15) is 0 Å². The fraction of sp³-hybridized carbons (Fsp3) is 0.588. The molecule has 0 unspecified atom stereocenters. The van der Waals surface area contributed by atoms with Crippen LogP contribution in [-0.4, -0.2) is 25.1 Å². The van der Waals surface area contributed by atoms with Gasteiger partial charge in [0.25, 0.3) is 0 Å². The lowest BCUT2D eigenvalue weighted by molar-refractivity contribution is 0.243. The van der Waals surface area contributed by atoms with Gasteiger partial charge in [0.2, 0.25) is 0 Å². The molecule has 0 radical (unpaired) electrons.